The average molecular weight is 397 g/mol. The fourth-order valence-electron chi connectivity index (χ4n) is 4.33. The molecule has 0 heterocycles. The molecule has 1 fully saturated rings. The molecule has 0 aliphatic heterocycles. The summed E-state index contributed by atoms with van der Waals surface area (Å²) >= 11 is 0. The van der Waals surface area contributed by atoms with Crippen LogP contribution in [0.25, 0.3) is 0 Å². The zero-order chi connectivity index (χ0) is 21.0. The van der Waals surface area contributed by atoms with Gasteiger partial charge in [0.1, 0.15) is 0 Å². The fourth-order valence-corrected chi connectivity index (χ4v) is 4.33. The van der Waals surface area contributed by atoms with E-state index < -0.39 is 0 Å². The first-order chi connectivity index (χ1) is 14.8. The lowest BCUT2D eigenvalue weighted by Crippen LogP contribution is -2.13. The third-order valence-corrected chi connectivity index (χ3v) is 6.32. The van der Waals surface area contributed by atoms with E-state index in [0.717, 1.165) is 34.9 Å². The standard InChI is InChI=1S/C30H36/c1-3-5-7-8-10-26-11-13-27(14-12-26)15-16-28-19-23-30(24-20-28)29-21-17-25(18-22-29)9-6-4-2/h11-14,19-20,23-25,29H,3-7,9,17-18,21-22H2,1-2H3. The third kappa shape index (κ3) is 7.11. The molecule has 0 nitrogen and oxygen atoms in total. The molecule has 0 radical (unpaired) electrons. The number of hydrogen-bond acceptors (Lipinski definition) is 0. The Balaban J connectivity index is 1.53. The van der Waals surface area contributed by atoms with E-state index in [2.05, 4.69) is 86.1 Å². The lowest BCUT2D eigenvalue weighted by Gasteiger charge is -2.28. The smallest absolute Gasteiger partial charge is 0.0249 e. The second-order valence-corrected chi connectivity index (χ2v) is 8.71. The molecule has 1 saturated carbocycles. The Morgan fingerprint density at radius 3 is 1.77 bits per heavy atom. The van der Waals surface area contributed by atoms with Gasteiger partial charge in [-0.05, 0) is 85.9 Å². The Hall–Kier alpha value is -2.44. The molecule has 0 aromatic heterocycles. The lowest BCUT2D eigenvalue weighted by molar-refractivity contribution is 0.304. The highest BCUT2D eigenvalue weighted by Gasteiger charge is 2.21. The highest BCUT2D eigenvalue weighted by Crippen LogP contribution is 2.37. The van der Waals surface area contributed by atoms with Crippen LogP contribution in [0.4, 0.5) is 0 Å². The van der Waals surface area contributed by atoms with Gasteiger partial charge >= 0.3 is 0 Å². The van der Waals surface area contributed by atoms with Crippen molar-refractivity contribution in [2.24, 2.45) is 5.92 Å². The zero-order valence-corrected chi connectivity index (χ0v) is 18.8. The van der Waals surface area contributed by atoms with E-state index in [1.54, 1.807) is 0 Å². The molecule has 30 heavy (non-hydrogen) atoms. The molecule has 156 valence electrons. The van der Waals surface area contributed by atoms with Gasteiger partial charge in [0.15, 0.2) is 0 Å². The van der Waals surface area contributed by atoms with Crippen LogP contribution in [-0.2, 0) is 0 Å². The number of unbranched alkanes of at least 4 members (excludes halogenated alkanes) is 3. The van der Waals surface area contributed by atoms with Crippen molar-refractivity contribution in [2.45, 2.75) is 84.0 Å². The molecule has 0 saturated heterocycles. The third-order valence-electron chi connectivity index (χ3n) is 6.32. The van der Waals surface area contributed by atoms with Crippen LogP contribution >= 0.6 is 0 Å². The van der Waals surface area contributed by atoms with Crippen LogP contribution in [0.15, 0.2) is 48.5 Å². The van der Waals surface area contributed by atoms with Gasteiger partial charge in [-0.25, -0.2) is 0 Å². The summed E-state index contributed by atoms with van der Waals surface area (Å²) in [5.74, 6) is 14.8. The Kier molecular flexibility index (Phi) is 9.12. The van der Waals surface area contributed by atoms with Crippen LogP contribution in [0.5, 0.6) is 0 Å². The molecule has 2 aromatic rings. The van der Waals surface area contributed by atoms with Crippen LogP contribution < -0.4 is 0 Å². The summed E-state index contributed by atoms with van der Waals surface area (Å²) in [4.78, 5) is 0. The Morgan fingerprint density at radius 1 is 0.667 bits per heavy atom. The first-order valence-corrected chi connectivity index (χ1v) is 12.0. The van der Waals surface area contributed by atoms with Crippen LogP contribution in [-0.4, -0.2) is 0 Å². The quantitative estimate of drug-likeness (QED) is 0.342. The molecule has 0 unspecified atom stereocenters. The molecule has 0 N–H and O–H groups in total. The van der Waals surface area contributed by atoms with Gasteiger partial charge in [-0.15, -0.1) is 0 Å². The summed E-state index contributed by atoms with van der Waals surface area (Å²) in [5.41, 5.74) is 4.72. The minimum atomic E-state index is 0.746. The number of benzene rings is 2. The first-order valence-electron chi connectivity index (χ1n) is 12.0. The van der Waals surface area contributed by atoms with Crippen molar-refractivity contribution in [3.63, 3.8) is 0 Å². The van der Waals surface area contributed by atoms with Gasteiger partial charge in [-0.3, -0.25) is 0 Å². The second kappa shape index (κ2) is 12.3. The molecule has 3 rings (SSSR count). The minimum Gasteiger partial charge on any atom is -0.0979 e. The van der Waals surface area contributed by atoms with Gasteiger partial charge in [0.2, 0.25) is 0 Å². The molecule has 2 aromatic carbocycles. The lowest BCUT2D eigenvalue weighted by atomic mass is 9.77. The summed E-state index contributed by atoms with van der Waals surface area (Å²) < 4.78 is 0. The average Bonchev–Trinajstić information content (AvgIpc) is 2.81. The Labute approximate surface area is 184 Å². The molecule has 0 heteroatoms. The van der Waals surface area contributed by atoms with Crippen molar-refractivity contribution in [3.05, 3.63) is 70.8 Å². The second-order valence-electron chi connectivity index (χ2n) is 8.71. The monoisotopic (exact) mass is 396 g/mol. The van der Waals surface area contributed by atoms with Crippen LogP contribution in [0, 0.1) is 29.6 Å². The van der Waals surface area contributed by atoms with Gasteiger partial charge in [0.05, 0.1) is 0 Å². The highest BCUT2D eigenvalue weighted by molar-refractivity contribution is 5.46. The Bertz CT molecular complexity index is 870. The maximum Gasteiger partial charge on any atom is 0.0249 e. The van der Waals surface area contributed by atoms with Gasteiger partial charge < -0.3 is 0 Å². The summed E-state index contributed by atoms with van der Waals surface area (Å²) in [6.45, 7) is 4.50. The SMILES string of the molecule is CCCCC#Cc1ccc(C#Cc2ccc(C3CCC(CCCC)CC3)cc2)cc1. The van der Waals surface area contributed by atoms with Crippen molar-refractivity contribution in [1.82, 2.24) is 0 Å². The molecule has 1 aliphatic rings. The van der Waals surface area contributed by atoms with E-state index in [-0.39, 0.29) is 0 Å². The molecule has 0 spiro atoms. The predicted octanol–water partition coefficient (Wildman–Crippen LogP) is 8.09. The van der Waals surface area contributed by atoms with E-state index in [9.17, 15) is 0 Å². The van der Waals surface area contributed by atoms with E-state index in [1.165, 1.54) is 63.4 Å². The van der Waals surface area contributed by atoms with Gasteiger partial charge in [-0.2, -0.15) is 0 Å². The summed E-state index contributed by atoms with van der Waals surface area (Å²) in [7, 11) is 0. The van der Waals surface area contributed by atoms with Crippen molar-refractivity contribution in [2.75, 3.05) is 0 Å². The normalized spacial score (nSPS) is 18.1. The maximum atomic E-state index is 3.31. The summed E-state index contributed by atoms with van der Waals surface area (Å²) in [5, 5.41) is 0. The molecule has 0 bridgehead atoms. The summed E-state index contributed by atoms with van der Waals surface area (Å²) in [6, 6.07) is 17.3. The van der Waals surface area contributed by atoms with Crippen molar-refractivity contribution in [1.29, 1.82) is 0 Å². The molecular formula is C30H36. The van der Waals surface area contributed by atoms with Crippen molar-refractivity contribution < 1.29 is 0 Å². The van der Waals surface area contributed by atoms with Crippen LogP contribution in [0.2, 0.25) is 0 Å². The zero-order valence-electron chi connectivity index (χ0n) is 18.8. The van der Waals surface area contributed by atoms with Gasteiger partial charge in [0, 0.05) is 23.1 Å². The van der Waals surface area contributed by atoms with E-state index in [4.69, 9.17) is 0 Å². The Morgan fingerprint density at radius 2 is 1.20 bits per heavy atom. The molecular weight excluding hydrogens is 360 g/mol. The van der Waals surface area contributed by atoms with Crippen molar-refractivity contribution in [3.8, 4) is 23.7 Å². The number of rotatable bonds is 6. The highest BCUT2D eigenvalue weighted by atomic mass is 14.3. The predicted molar refractivity (Wildman–Crippen MR) is 129 cm³/mol. The fraction of sp³-hybridized carbons (Fsp3) is 0.467. The maximum absolute atomic E-state index is 3.31. The number of hydrogen-bond donors (Lipinski definition) is 0. The van der Waals surface area contributed by atoms with E-state index >= 15 is 0 Å². The van der Waals surface area contributed by atoms with Crippen LogP contribution in [0.3, 0.4) is 0 Å². The van der Waals surface area contributed by atoms with E-state index in [0.29, 0.717) is 0 Å². The first kappa shape index (κ1) is 22.2. The molecule has 0 amide bonds. The molecule has 1 aliphatic carbocycles. The van der Waals surface area contributed by atoms with E-state index in [1.807, 2.05) is 0 Å². The largest absolute Gasteiger partial charge is 0.0979 e. The topological polar surface area (TPSA) is 0 Å². The van der Waals surface area contributed by atoms with Crippen molar-refractivity contribution >= 4 is 0 Å². The van der Waals surface area contributed by atoms with Gasteiger partial charge in [0.25, 0.3) is 0 Å². The minimum absolute atomic E-state index is 0.746. The molecule has 0 atom stereocenters. The van der Waals surface area contributed by atoms with Crippen LogP contribution in [0.1, 0.15) is 106 Å². The summed E-state index contributed by atoms with van der Waals surface area (Å²) in [6.07, 6.45) is 13.0. The van der Waals surface area contributed by atoms with Gasteiger partial charge in [-0.1, -0.05) is 75.3 Å².